The molecule has 10 nitrogen and oxygen atoms in total. The first-order valence-corrected chi connectivity index (χ1v) is 12.0. The van der Waals surface area contributed by atoms with E-state index in [1.807, 2.05) is 0 Å². The van der Waals surface area contributed by atoms with Crippen molar-refractivity contribution < 1.29 is 27.9 Å². The van der Waals surface area contributed by atoms with E-state index in [1.54, 1.807) is 12.1 Å². The Morgan fingerprint density at radius 2 is 1.95 bits per heavy atom. The Hall–Kier alpha value is -3.87. The first kappa shape index (κ1) is 28.7. The highest BCUT2D eigenvalue weighted by molar-refractivity contribution is 6.31. The molecule has 0 fully saturated rings. The molecule has 0 unspecified atom stereocenters. The smallest absolute Gasteiger partial charge is 0.412 e. The second-order valence-corrected chi connectivity index (χ2v) is 8.60. The third-order valence-electron chi connectivity index (χ3n) is 5.38. The molecule has 0 saturated carbocycles. The van der Waals surface area contributed by atoms with Gasteiger partial charge in [0.1, 0.15) is 24.1 Å². The lowest BCUT2D eigenvalue weighted by Gasteiger charge is -2.31. The fraction of sp³-hybridized carbons (Fsp3) is 0.280. The Kier molecular flexibility index (Phi) is 10.3. The van der Waals surface area contributed by atoms with Crippen LogP contribution in [0.5, 0.6) is 0 Å². The van der Waals surface area contributed by atoms with E-state index >= 15 is 0 Å². The standard InChI is InChI=1S/C25H27ClF2N6O4/c1-15(35)34(32-13-17-3-2-4-21(28)24(17)26)20(11-23(36)30-8-7-29)14-38-25(37)33-22-10-18-9-19(27)6-5-16(18)12-31-22/h2-6,9-10,12,20,32H,7-8,11,13-14,29H2,1H3,(H,30,36)(H,31,33,37)/t20-/m0/s1. The zero-order chi connectivity index (χ0) is 27.7. The molecule has 0 aliphatic heterocycles. The number of nitrogens with two attached hydrogens (primary N) is 1. The number of halogens is 3. The molecule has 0 radical (unpaired) electrons. The molecule has 1 atom stereocenters. The maximum atomic E-state index is 13.8. The van der Waals surface area contributed by atoms with Crippen LogP contribution in [0.1, 0.15) is 18.9 Å². The minimum atomic E-state index is -0.943. The first-order chi connectivity index (χ1) is 18.2. The van der Waals surface area contributed by atoms with Crippen LogP contribution in [0.15, 0.2) is 48.7 Å². The van der Waals surface area contributed by atoms with Crippen LogP contribution in [-0.4, -0.2) is 53.6 Å². The Balaban J connectivity index is 1.70. The van der Waals surface area contributed by atoms with Gasteiger partial charge in [-0.05, 0) is 41.3 Å². The van der Waals surface area contributed by atoms with Crippen LogP contribution >= 0.6 is 11.6 Å². The Labute approximate surface area is 222 Å². The highest BCUT2D eigenvalue weighted by Gasteiger charge is 2.26. The highest BCUT2D eigenvalue weighted by atomic mass is 35.5. The summed E-state index contributed by atoms with van der Waals surface area (Å²) in [6.45, 7) is 1.26. The second kappa shape index (κ2) is 13.6. The average Bonchev–Trinajstić information content (AvgIpc) is 2.87. The molecule has 3 rings (SSSR count). The van der Waals surface area contributed by atoms with Gasteiger partial charge >= 0.3 is 6.09 Å². The predicted octanol–water partition coefficient (Wildman–Crippen LogP) is 3.10. The Morgan fingerprint density at radius 3 is 2.68 bits per heavy atom. The van der Waals surface area contributed by atoms with Gasteiger partial charge in [-0.25, -0.2) is 24.0 Å². The molecule has 0 spiro atoms. The summed E-state index contributed by atoms with van der Waals surface area (Å²) in [5.41, 5.74) is 8.64. The zero-order valence-electron chi connectivity index (χ0n) is 20.5. The number of ether oxygens (including phenoxy) is 1. The minimum absolute atomic E-state index is 0.0408. The molecule has 38 heavy (non-hydrogen) atoms. The van der Waals surface area contributed by atoms with Crippen molar-refractivity contribution in [2.24, 2.45) is 5.73 Å². The number of rotatable bonds is 11. The summed E-state index contributed by atoms with van der Waals surface area (Å²) in [5.74, 6) is -1.86. The monoisotopic (exact) mass is 548 g/mol. The van der Waals surface area contributed by atoms with E-state index in [0.717, 1.165) is 5.01 Å². The van der Waals surface area contributed by atoms with Crippen molar-refractivity contribution in [1.82, 2.24) is 20.7 Å². The number of nitrogens with zero attached hydrogens (tertiary/aromatic N) is 2. The Bertz CT molecular complexity index is 1310. The second-order valence-electron chi connectivity index (χ2n) is 8.22. The van der Waals surface area contributed by atoms with Gasteiger partial charge in [-0.15, -0.1) is 0 Å². The molecule has 5 N–H and O–H groups in total. The highest BCUT2D eigenvalue weighted by Crippen LogP contribution is 2.20. The summed E-state index contributed by atoms with van der Waals surface area (Å²) in [6.07, 6.45) is 0.329. The molecular formula is C25H27ClF2N6O4. The van der Waals surface area contributed by atoms with Gasteiger partial charge in [-0.3, -0.25) is 19.9 Å². The maximum Gasteiger partial charge on any atom is 0.412 e. The average molecular weight is 549 g/mol. The molecule has 13 heteroatoms. The van der Waals surface area contributed by atoms with Gasteiger partial charge in [-0.2, -0.15) is 0 Å². The molecule has 2 aromatic carbocycles. The van der Waals surface area contributed by atoms with Crippen molar-refractivity contribution in [1.29, 1.82) is 0 Å². The summed E-state index contributed by atoms with van der Waals surface area (Å²) in [7, 11) is 0. The van der Waals surface area contributed by atoms with Crippen molar-refractivity contribution in [3.63, 3.8) is 0 Å². The third kappa shape index (κ3) is 8.07. The molecule has 1 aromatic heterocycles. The van der Waals surface area contributed by atoms with Crippen LogP contribution in [-0.2, 0) is 20.9 Å². The largest absolute Gasteiger partial charge is 0.447 e. The van der Waals surface area contributed by atoms with E-state index in [1.165, 1.54) is 43.5 Å². The van der Waals surface area contributed by atoms with Crippen molar-refractivity contribution in [2.75, 3.05) is 25.0 Å². The number of hydrogen-bond acceptors (Lipinski definition) is 7. The van der Waals surface area contributed by atoms with Gasteiger partial charge < -0.3 is 15.8 Å². The molecule has 3 aromatic rings. The van der Waals surface area contributed by atoms with E-state index in [-0.39, 0.29) is 43.5 Å². The van der Waals surface area contributed by atoms with E-state index in [4.69, 9.17) is 22.1 Å². The van der Waals surface area contributed by atoms with E-state index in [0.29, 0.717) is 16.3 Å². The quantitative estimate of drug-likeness (QED) is 0.270. The van der Waals surface area contributed by atoms with Crippen LogP contribution in [0, 0.1) is 11.6 Å². The lowest BCUT2D eigenvalue weighted by molar-refractivity contribution is -0.138. The summed E-state index contributed by atoms with van der Waals surface area (Å²) < 4.78 is 32.6. The molecule has 202 valence electrons. The minimum Gasteiger partial charge on any atom is -0.447 e. The maximum absolute atomic E-state index is 13.8. The summed E-state index contributed by atoms with van der Waals surface area (Å²) in [5, 5.41) is 7.24. The number of carbonyl (C=O) groups is 3. The lowest BCUT2D eigenvalue weighted by atomic mass is 10.2. The van der Waals surface area contributed by atoms with Crippen molar-refractivity contribution >= 4 is 46.1 Å². The number of nitrogens with one attached hydrogen (secondary N) is 3. The number of anilines is 1. The summed E-state index contributed by atoms with van der Waals surface area (Å²) in [6, 6.07) is 8.93. The van der Waals surface area contributed by atoms with Crippen LogP contribution in [0.4, 0.5) is 19.4 Å². The van der Waals surface area contributed by atoms with Gasteiger partial charge in [0.05, 0.1) is 17.5 Å². The fourth-order valence-electron chi connectivity index (χ4n) is 3.57. The third-order valence-corrected chi connectivity index (χ3v) is 5.81. The van der Waals surface area contributed by atoms with Crippen LogP contribution in [0.3, 0.4) is 0 Å². The van der Waals surface area contributed by atoms with Gasteiger partial charge in [0.25, 0.3) is 0 Å². The molecular weight excluding hydrogens is 522 g/mol. The van der Waals surface area contributed by atoms with Gasteiger partial charge in [0, 0.05) is 38.1 Å². The zero-order valence-corrected chi connectivity index (χ0v) is 21.2. The molecule has 3 amide bonds. The van der Waals surface area contributed by atoms with Gasteiger partial charge in [0.15, 0.2) is 0 Å². The number of hydrogen-bond donors (Lipinski definition) is 4. The van der Waals surface area contributed by atoms with Crippen LogP contribution in [0.25, 0.3) is 10.8 Å². The normalized spacial score (nSPS) is 11.6. The van der Waals surface area contributed by atoms with E-state index in [9.17, 15) is 23.2 Å². The number of aromatic nitrogens is 1. The van der Waals surface area contributed by atoms with Crippen LogP contribution in [0.2, 0.25) is 5.02 Å². The van der Waals surface area contributed by atoms with Crippen molar-refractivity contribution in [3.8, 4) is 0 Å². The Morgan fingerprint density at radius 1 is 1.16 bits per heavy atom. The number of benzene rings is 2. The van der Waals surface area contributed by atoms with Crippen LogP contribution < -0.4 is 21.8 Å². The van der Waals surface area contributed by atoms with E-state index < -0.39 is 35.6 Å². The summed E-state index contributed by atoms with van der Waals surface area (Å²) in [4.78, 5) is 41.4. The summed E-state index contributed by atoms with van der Waals surface area (Å²) >= 11 is 6.00. The topological polar surface area (TPSA) is 139 Å². The molecule has 0 aliphatic carbocycles. The molecule has 0 saturated heterocycles. The SMILES string of the molecule is CC(=O)N(NCc1cccc(F)c1Cl)[C@H](COC(=O)Nc1cc2cc(F)ccc2cn1)CC(=O)NCCN. The molecule has 1 heterocycles. The van der Waals surface area contributed by atoms with Crippen molar-refractivity contribution in [2.45, 2.75) is 25.9 Å². The number of fused-ring (bicyclic) bond motifs is 1. The predicted molar refractivity (Wildman–Crippen MR) is 138 cm³/mol. The van der Waals surface area contributed by atoms with E-state index in [2.05, 4.69) is 21.0 Å². The fourth-order valence-corrected chi connectivity index (χ4v) is 3.76. The number of carbonyl (C=O) groups excluding carboxylic acids is 3. The lowest BCUT2D eigenvalue weighted by Crippen LogP contribution is -2.52. The number of pyridine rings is 1. The first-order valence-electron chi connectivity index (χ1n) is 11.6. The molecule has 0 aliphatic rings. The van der Waals surface area contributed by atoms with Gasteiger partial charge in [0.2, 0.25) is 11.8 Å². The van der Waals surface area contributed by atoms with Gasteiger partial charge in [-0.1, -0.05) is 23.7 Å². The number of hydrazine groups is 1. The number of amides is 3. The van der Waals surface area contributed by atoms with Crippen molar-refractivity contribution in [3.05, 3.63) is 70.9 Å². The molecule has 0 bridgehead atoms.